The highest BCUT2D eigenvalue weighted by Gasteiger charge is 2.18. The maximum Gasteiger partial charge on any atom is 0.326 e. The molecule has 2 atom stereocenters. The lowest BCUT2D eigenvalue weighted by molar-refractivity contribution is -0.138. The van der Waals surface area contributed by atoms with Gasteiger partial charge >= 0.3 is 5.97 Å². The van der Waals surface area contributed by atoms with Crippen molar-refractivity contribution in [1.29, 1.82) is 0 Å². The van der Waals surface area contributed by atoms with Gasteiger partial charge in [0.2, 0.25) is 0 Å². The van der Waals surface area contributed by atoms with Crippen molar-refractivity contribution in [2.24, 2.45) is 5.73 Å². The molecule has 5 nitrogen and oxygen atoms in total. The van der Waals surface area contributed by atoms with E-state index in [4.69, 9.17) is 10.8 Å². The molecule has 0 spiro atoms. The van der Waals surface area contributed by atoms with Crippen LogP contribution in [0.3, 0.4) is 0 Å². The minimum absolute atomic E-state index is 0.0932. The highest BCUT2D eigenvalue weighted by Crippen LogP contribution is 2.24. The van der Waals surface area contributed by atoms with E-state index in [0.717, 1.165) is 5.56 Å². The topological polar surface area (TPSA) is 88.2 Å². The first kappa shape index (κ1) is 14.5. The monoisotopic (exact) mass is 291 g/mol. The average molecular weight is 291 g/mol. The van der Waals surface area contributed by atoms with Gasteiger partial charge in [0.15, 0.2) is 5.13 Å². The first-order valence-electron chi connectivity index (χ1n) is 6.24. The maximum atomic E-state index is 10.8. The zero-order valence-electron chi connectivity index (χ0n) is 11.3. The number of rotatable bonds is 5. The standard InChI is InChI=1S/C14H17N3O2S/c1-8-3-5-10(6-4-8)9(2)16-14-17-11(7-20-14)12(15)13(18)19/h3-7,9,12H,15H2,1-2H3,(H,16,17)(H,18,19). The number of hydrogen-bond donors (Lipinski definition) is 3. The summed E-state index contributed by atoms with van der Waals surface area (Å²) in [6, 6.07) is 7.25. The Hall–Kier alpha value is -1.92. The van der Waals surface area contributed by atoms with Crippen molar-refractivity contribution in [1.82, 2.24) is 4.98 Å². The van der Waals surface area contributed by atoms with Crippen molar-refractivity contribution in [3.05, 3.63) is 46.5 Å². The predicted octanol–water partition coefficient (Wildman–Crippen LogP) is 2.71. The van der Waals surface area contributed by atoms with Gasteiger partial charge in [-0.1, -0.05) is 29.8 Å². The second-order valence-electron chi connectivity index (χ2n) is 4.67. The minimum Gasteiger partial charge on any atom is -0.480 e. The molecule has 0 aliphatic heterocycles. The van der Waals surface area contributed by atoms with Gasteiger partial charge in [0.05, 0.1) is 11.7 Å². The second-order valence-corrected chi connectivity index (χ2v) is 5.53. The molecule has 1 heterocycles. The fourth-order valence-electron chi connectivity index (χ4n) is 1.75. The van der Waals surface area contributed by atoms with Gasteiger partial charge in [0.25, 0.3) is 0 Å². The number of aryl methyl sites for hydroxylation is 1. The smallest absolute Gasteiger partial charge is 0.326 e. The van der Waals surface area contributed by atoms with Gasteiger partial charge in [-0.15, -0.1) is 11.3 Å². The minimum atomic E-state index is -1.08. The molecule has 0 saturated carbocycles. The van der Waals surface area contributed by atoms with Gasteiger partial charge in [-0.05, 0) is 19.4 Å². The Bertz CT molecular complexity index is 595. The van der Waals surface area contributed by atoms with Crippen LogP contribution in [0, 0.1) is 6.92 Å². The Kier molecular flexibility index (Phi) is 4.36. The maximum absolute atomic E-state index is 10.8. The van der Waals surface area contributed by atoms with Gasteiger partial charge in [-0.25, -0.2) is 4.98 Å². The van der Waals surface area contributed by atoms with Gasteiger partial charge < -0.3 is 16.2 Å². The lowest BCUT2D eigenvalue weighted by Gasteiger charge is -2.13. The number of carbonyl (C=O) groups is 1. The molecule has 0 bridgehead atoms. The van der Waals surface area contributed by atoms with Crippen LogP contribution >= 0.6 is 11.3 Å². The van der Waals surface area contributed by atoms with E-state index in [0.29, 0.717) is 10.8 Å². The summed E-state index contributed by atoms with van der Waals surface area (Å²) in [7, 11) is 0. The third-order valence-corrected chi connectivity index (χ3v) is 3.82. The van der Waals surface area contributed by atoms with E-state index in [1.54, 1.807) is 5.38 Å². The quantitative estimate of drug-likeness (QED) is 0.788. The first-order chi connectivity index (χ1) is 9.47. The molecule has 1 aromatic heterocycles. The summed E-state index contributed by atoms with van der Waals surface area (Å²) in [6.45, 7) is 4.07. The number of carboxylic acid groups (broad SMARTS) is 1. The molecule has 0 amide bonds. The van der Waals surface area contributed by atoms with Gasteiger partial charge in [-0.2, -0.15) is 0 Å². The molecule has 2 aromatic rings. The summed E-state index contributed by atoms with van der Waals surface area (Å²) in [6.07, 6.45) is 0. The van der Waals surface area contributed by atoms with Crippen molar-refractivity contribution < 1.29 is 9.90 Å². The highest BCUT2D eigenvalue weighted by molar-refractivity contribution is 7.13. The van der Waals surface area contributed by atoms with E-state index >= 15 is 0 Å². The van der Waals surface area contributed by atoms with Crippen LogP contribution in [0.4, 0.5) is 5.13 Å². The number of aliphatic carboxylic acids is 1. The normalized spacial score (nSPS) is 13.8. The Balaban J connectivity index is 2.06. The van der Waals surface area contributed by atoms with E-state index < -0.39 is 12.0 Å². The molecule has 6 heteroatoms. The highest BCUT2D eigenvalue weighted by atomic mass is 32.1. The molecule has 0 fully saturated rings. The fraction of sp³-hybridized carbons (Fsp3) is 0.286. The Labute approximate surface area is 121 Å². The lowest BCUT2D eigenvalue weighted by atomic mass is 10.1. The molecule has 20 heavy (non-hydrogen) atoms. The van der Waals surface area contributed by atoms with Crippen LogP contribution in [0.2, 0.25) is 0 Å². The molecule has 0 radical (unpaired) electrons. The number of nitrogens with zero attached hydrogens (tertiary/aromatic N) is 1. The van der Waals surface area contributed by atoms with E-state index in [1.807, 2.05) is 13.8 Å². The number of thiazole rings is 1. The molecular weight excluding hydrogens is 274 g/mol. The number of hydrogen-bond acceptors (Lipinski definition) is 5. The van der Waals surface area contributed by atoms with Crippen molar-refractivity contribution in [2.75, 3.05) is 5.32 Å². The summed E-state index contributed by atoms with van der Waals surface area (Å²) in [4.78, 5) is 15.0. The SMILES string of the molecule is Cc1ccc(C(C)Nc2nc(C(N)C(=O)O)cs2)cc1. The van der Waals surface area contributed by atoms with Crippen molar-refractivity contribution >= 4 is 22.4 Å². The predicted molar refractivity (Wildman–Crippen MR) is 79.9 cm³/mol. The van der Waals surface area contributed by atoms with Gasteiger partial charge in [0, 0.05) is 5.38 Å². The fourth-order valence-corrected chi connectivity index (χ4v) is 2.58. The molecule has 1 aromatic carbocycles. The zero-order chi connectivity index (χ0) is 14.7. The first-order valence-corrected chi connectivity index (χ1v) is 7.12. The molecule has 2 rings (SSSR count). The lowest BCUT2D eigenvalue weighted by Crippen LogP contribution is -2.21. The summed E-state index contributed by atoms with van der Waals surface area (Å²) < 4.78 is 0. The number of anilines is 1. The molecule has 0 aliphatic rings. The Morgan fingerprint density at radius 1 is 1.40 bits per heavy atom. The molecule has 4 N–H and O–H groups in total. The van der Waals surface area contributed by atoms with Crippen molar-refractivity contribution in [3.8, 4) is 0 Å². The van der Waals surface area contributed by atoms with Crippen LogP contribution in [0.25, 0.3) is 0 Å². The van der Waals surface area contributed by atoms with Crippen LogP contribution in [0.15, 0.2) is 29.6 Å². The number of nitrogens with one attached hydrogen (secondary N) is 1. The van der Waals surface area contributed by atoms with E-state index in [9.17, 15) is 4.79 Å². The third kappa shape index (κ3) is 3.34. The molecule has 2 unspecified atom stereocenters. The Morgan fingerprint density at radius 3 is 2.65 bits per heavy atom. The molecule has 0 aliphatic carbocycles. The van der Waals surface area contributed by atoms with Gasteiger partial charge in [-0.3, -0.25) is 4.79 Å². The third-order valence-electron chi connectivity index (χ3n) is 3.02. The molecule has 106 valence electrons. The van der Waals surface area contributed by atoms with Crippen LogP contribution in [0.1, 0.15) is 35.8 Å². The molecule has 0 saturated heterocycles. The summed E-state index contributed by atoms with van der Waals surface area (Å²) in [5.41, 5.74) is 8.26. The summed E-state index contributed by atoms with van der Waals surface area (Å²) in [5, 5.41) is 14.4. The van der Waals surface area contributed by atoms with E-state index in [1.165, 1.54) is 16.9 Å². The number of carboxylic acids is 1. The average Bonchev–Trinajstić information content (AvgIpc) is 2.86. The number of benzene rings is 1. The van der Waals surface area contributed by atoms with Crippen LogP contribution < -0.4 is 11.1 Å². The zero-order valence-corrected chi connectivity index (χ0v) is 12.1. The largest absolute Gasteiger partial charge is 0.480 e. The summed E-state index contributed by atoms with van der Waals surface area (Å²) in [5.74, 6) is -1.08. The van der Waals surface area contributed by atoms with Crippen LogP contribution in [0.5, 0.6) is 0 Å². The van der Waals surface area contributed by atoms with E-state index in [-0.39, 0.29) is 6.04 Å². The van der Waals surface area contributed by atoms with Crippen LogP contribution in [-0.2, 0) is 4.79 Å². The van der Waals surface area contributed by atoms with Crippen molar-refractivity contribution in [3.63, 3.8) is 0 Å². The summed E-state index contributed by atoms with van der Waals surface area (Å²) >= 11 is 1.36. The Morgan fingerprint density at radius 2 is 2.05 bits per heavy atom. The van der Waals surface area contributed by atoms with E-state index in [2.05, 4.69) is 34.6 Å². The second kappa shape index (κ2) is 6.02. The number of aromatic nitrogens is 1. The molecular formula is C14H17N3O2S. The van der Waals surface area contributed by atoms with Crippen molar-refractivity contribution in [2.45, 2.75) is 25.9 Å². The number of nitrogens with two attached hydrogens (primary N) is 1. The van der Waals surface area contributed by atoms with Gasteiger partial charge in [0.1, 0.15) is 6.04 Å². The van der Waals surface area contributed by atoms with Crippen LogP contribution in [-0.4, -0.2) is 16.1 Å².